The lowest BCUT2D eigenvalue weighted by molar-refractivity contribution is -0.172. The number of ketones is 1. The van der Waals surface area contributed by atoms with E-state index in [0.717, 1.165) is 12.8 Å². The van der Waals surface area contributed by atoms with Crippen molar-refractivity contribution in [2.24, 2.45) is 28.6 Å². The second kappa shape index (κ2) is 7.68. The van der Waals surface area contributed by atoms with Crippen LogP contribution in [-0.2, 0) is 19.1 Å². The van der Waals surface area contributed by atoms with Gasteiger partial charge in [-0.05, 0) is 92.6 Å². The summed E-state index contributed by atoms with van der Waals surface area (Å²) in [6, 6.07) is 0. The van der Waals surface area contributed by atoms with Crippen molar-refractivity contribution in [3.05, 3.63) is 23.8 Å². The Morgan fingerprint density at radius 2 is 2.03 bits per heavy atom. The van der Waals surface area contributed by atoms with Crippen molar-refractivity contribution in [1.29, 1.82) is 0 Å². The highest BCUT2D eigenvalue weighted by Crippen LogP contribution is 2.64. The number of rotatable bonds is 4. The molecule has 1 saturated heterocycles. The minimum absolute atomic E-state index is 0.0376. The van der Waals surface area contributed by atoms with Crippen LogP contribution in [0.25, 0.3) is 0 Å². The molecule has 0 bridgehead atoms. The molecule has 3 fully saturated rings. The Morgan fingerprint density at radius 3 is 2.79 bits per heavy atom. The molecule has 7 atom stereocenters. The van der Waals surface area contributed by atoms with E-state index in [1.54, 1.807) is 6.08 Å². The summed E-state index contributed by atoms with van der Waals surface area (Å²) in [7, 11) is 0. The van der Waals surface area contributed by atoms with Gasteiger partial charge in [-0.3, -0.25) is 4.79 Å². The van der Waals surface area contributed by atoms with Gasteiger partial charge < -0.3 is 9.47 Å². The zero-order chi connectivity index (χ0) is 20.8. The molecule has 29 heavy (non-hydrogen) atoms. The minimum atomic E-state index is -0.237. The fourth-order valence-corrected chi connectivity index (χ4v) is 7.19. The second-order valence-electron chi connectivity index (χ2n) is 10.1. The standard InChI is InChI=1S/C25H36O4/c1-5-28-22(27)8-6-7-17-9-10-19-23-20(12-14-24(17,19)3)25(4)13-11-18(26)15-21(25)16(2)29-23/h6,8,15-17,19-20,23H,5,7,9-14H2,1-4H3/b8-6+. The van der Waals surface area contributed by atoms with Gasteiger partial charge in [-0.15, -0.1) is 0 Å². The van der Waals surface area contributed by atoms with Gasteiger partial charge in [-0.1, -0.05) is 19.9 Å². The molecule has 1 aliphatic heterocycles. The van der Waals surface area contributed by atoms with Crippen molar-refractivity contribution in [3.8, 4) is 0 Å². The maximum atomic E-state index is 12.1. The van der Waals surface area contributed by atoms with Crippen LogP contribution < -0.4 is 0 Å². The quantitative estimate of drug-likeness (QED) is 0.491. The van der Waals surface area contributed by atoms with Crippen molar-refractivity contribution >= 4 is 11.8 Å². The Morgan fingerprint density at radius 1 is 1.24 bits per heavy atom. The van der Waals surface area contributed by atoms with E-state index in [2.05, 4.69) is 20.8 Å². The summed E-state index contributed by atoms with van der Waals surface area (Å²) < 4.78 is 11.7. The molecule has 3 aliphatic carbocycles. The van der Waals surface area contributed by atoms with Crippen LogP contribution >= 0.6 is 0 Å². The summed E-state index contributed by atoms with van der Waals surface area (Å²) in [5, 5.41) is 0. The lowest BCUT2D eigenvalue weighted by Crippen LogP contribution is -2.57. The maximum Gasteiger partial charge on any atom is 0.330 e. The number of carbonyl (C=O) groups excluding carboxylic acids is 2. The third-order valence-electron chi connectivity index (χ3n) is 8.84. The van der Waals surface area contributed by atoms with E-state index in [1.165, 1.54) is 31.3 Å². The Bertz CT molecular complexity index is 737. The lowest BCUT2D eigenvalue weighted by atomic mass is 9.51. The highest BCUT2D eigenvalue weighted by Gasteiger charge is 2.60. The number of allylic oxidation sites excluding steroid dienone is 2. The predicted molar refractivity (Wildman–Crippen MR) is 112 cm³/mol. The number of hydrogen-bond acceptors (Lipinski definition) is 4. The summed E-state index contributed by atoms with van der Waals surface area (Å²) in [5.74, 6) is 1.71. The molecule has 4 aliphatic rings. The van der Waals surface area contributed by atoms with Crippen LogP contribution in [0.4, 0.5) is 0 Å². The molecule has 2 saturated carbocycles. The van der Waals surface area contributed by atoms with Crippen molar-refractivity contribution in [2.45, 2.75) is 84.8 Å². The largest absolute Gasteiger partial charge is 0.463 e. The number of carbonyl (C=O) groups is 2. The minimum Gasteiger partial charge on any atom is -0.463 e. The topological polar surface area (TPSA) is 52.6 Å². The van der Waals surface area contributed by atoms with Gasteiger partial charge in [0.2, 0.25) is 0 Å². The zero-order valence-corrected chi connectivity index (χ0v) is 18.4. The average Bonchev–Trinajstić information content (AvgIpc) is 3.00. The fourth-order valence-electron chi connectivity index (χ4n) is 7.19. The summed E-state index contributed by atoms with van der Waals surface area (Å²) in [4.78, 5) is 23.7. The summed E-state index contributed by atoms with van der Waals surface area (Å²) in [5.41, 5.74) is 1.62. The van der Waals surface area contributed by atoms with E-state index in [0.29, 0.717) is 30.8 Å². The Hall–Kier alpha value is -1.42. The van der Waals surface area contributed by atoms with Crippen LogP contribution in [-0.4, -0.2) is 30.6 Å². The first-order valence-corrected chi connectivity index (χ1v) is 11.5. The first-order valence-electron chi connectivity index (χ1n) is 11.5. The normalized spacial score (nSPS) is 44.1. The van der Waals surface area contributed by atoms with Gasteiger partial charge in [0.1, 0.15) is 0 Å². The SMILES string of the molecule is CCOC(=O)/C=C/CC1CCC2C3OC(C)C4=CC(=O)CCC4(C)C3CCC12C. The molecule has 7 unspecified atom stereocenters. The van der Waals surface area contributed by atoms with Crippen molar-refractivity contribution < 1.29 is 19.1 Å². The zero-order valence-electron chi connectivity index (χ0n) is 18.4. The molecule has 0 aromatic heterocycles. The van der Waals surface area contributed by atoms with Gasteiger partial charge in [-0.25, -0.2) is 4.79 Å². The number of fused-ring (bicyclic) bond motifs is 5. The molecule has 4 rings (SSSR count). The van der Waals surface area contributed by atoms with Crippen molar-refractivity contribution in [1.82, 2.24) is 0 Å². The van der Waals surface area contributed by atoms with Gasteiger partial charge in [0, 0.05) is 12.5 Å². The Balaban J connectivity index is 1.52. The van der Waals surface area contributed by atoms with Crippen LogP contribution in [0.2, 0.25) is 0 Å². The van der Waals surface area contributed by atoms with Gasteiger partial charge >= 0.3 is 5.97 Å². The molecule has 0 spiro atoms. The molecule has 0 aromatic rings. The highest BCUT2D eigenvalue weighted by atomic mass is 16.5. The van der Waals surface area contributed by atoms with Gasteiger partial charge in [0.25, 0.3) is 0 Å². The predicted octanol–water partition coefficient (Wildman–Crippen LogP) is 5.02. The smallest absolute Gasteiger partial charge is 0.330 e. The molecule has 0 N–H and O–H groups in total. The lowest BCUT2D eigenvalue weighted by Gasteiger charge is -2.59. The molecule has 4 nitrogen and oxygen atoms in total. The number of esters is 1. The van der Waals surface area contributed by atoms with Crippen molar-refractivity contribution in [2.75, 3.05) is 6.61 Å². The molecule has 0 amide bonds. The molecule has 160 valence electrons. The third kappa shape index (κ3) is 3.41. The Labute approximate surface area is 175 Å². The van der Waals surface area contributed by atoms with Gasteiger partial charge in [0.15, 0.2) is 5.78 Å². The fraction of sp³-hybridized carbons (Fsp3) is 0.760. The molecule has 4 heteroatoms. The van der Waals surface area contributed by atoms with E-state index >= 15 is 0 Å². The monoisotopic (exact) mass is 400 g/mol. The van der Waals surface area contributed by atoms with E-state index in [4.69, 9.17) is 9.47 Å². The van der Waals surface area contributed by atoms with Crippen LogP contribution in [0.5, 0.6) is 0 Å². The molecule has 0 aromatic carbocycles. The molecule has 0 radical (unpaired) electrons. The molecule has 1 heterocycles. The van der Waals surface area contributed by atoms with Crippen LogP contribution in [0.1, 0.15) is 72.6 Å². The van der Waals surface area contributed by atoms with E-state index in [1.807, 2.05) is 19.1 Å². The van der Waals surface area contributed by atoms with Crippen LogP contribution in [0.15, 0.2) is 23.8 Å². The van der Waals surface area contributed by atoms with E-state index in [-0.39, 0.29) is 34.8 Å². The van der Waals surface area contributed by atoms with Gasteiger partial charge in [-0.2, -0.15) is 0 Å². The van der Waals surface area contributed by atoms with E-state index < -0.39 is 0 Å². The van der Waals surface area contributed by atoms with Crippen LogP contribution in [0, 0.1) is 28.6 Å². The van der Waals surface area contributed by atoms with Crippen LogP contribution in [0.3, 0.4) is 0 Å². The van der Waals surface area contributed by atoms with Crippen molar-refractivity contribution in [3.63, 3.8) is 0 Å². The number of ether oxygens (including phenoxy) is 2. The summed E-state index contributed by atoms with van der Waals surface area (Å²) in [6.07, 6.45) is 13.2. The molecular weight excluding hydrogens is 364 g/mol. The molecular formula is C25H36O4. The first kappa shape index (κ1) is 20.8. The third-order valence-corrected chi connectivity index (χ3v) is 8.84. The summed E-state index contributed by atoms with van der Waals surface area (Å²) in [6.45, 7) is 9.24. The second-order valence-corrected chi connectivity index (χ2v) is 10.1. The van der Waals surface area contributed by atoms with Gasteiger partial charge in [0.05, 0.1) is 18.8 Å². The average molecular weight is 401 g/mol. The van der Waals surface area contributed by atoms with E-state index in [9.17, 15) is 9.59 Å². The highest BCUT2D eigenvalue weighted by molar-refractivity contribution is 5.91. The summed E-state index contributed by atoms with van der Waals surface area (Å²) >= 11 is 0. The number of hydrogen-bond donors (Lipinski definition) is 0. The maximum absolute atomic E-state index is 12.1. The first-order chi connectivity index (χ1) is 13.8. The Kier molecular flexibility index (Phi) is 5.52.